The highest BCUT2D eigenvalue weighted by molar-refractivity contribution is 5.81. The van der Waals surface area contributed by atoms with Crippen molar-refractivity contribution in [3.8, 4) is 0 Å². The second-order valence-electron chi connectivity index (χ2n) is 5.43. The molecule has 108 valence electrons. The molecule has 1 atom stereocenters. The van der Waals surface area contributed by atoms with Gasteiger partial charge in [0.1, 0.15) is 0 Å². The first-order chi connectivity index (χ1) is 9.75. The first-order valence-electron chi connectivity index (χ1n) is 7.51. The molecule has 0 saturated carbocycles. The summed E-state index contributed by atoms with van der Waals surface area (Å²) in [7, 11) is 0. The normalized spacial score (nSPS) is 15.8. The highest BCUT2D eigenvalue weighted by Gasteiger charge is 2.13. The summed E-state index contributed by atoms with van der Waals surface area (Å²) in [4.78, 5) is 11.9. The van der Waals surface area contributed by atoms with E-state index < -0.39 is 6.04 Å². The standard InChI is InChI=1S/C17H24N2O/c18-16(11-10-14-6-2-1-3-7-14)17(20)19-13-12-15-8-4-5-9-15/h1-3,6-8,16H,4-5,9-13,18H2,(H,19,20)/t16-/m0/s1. The summed E-state index contributed by atoms with van der Waals surface area (Å²) in [5, 5.41) is 2.94. The monoisotopic (exact) mass is 272 g/mol. The largest absolute Gasteiger partial charge is 0.354 e. The third-order valence-corrected chi connectivity index (χ3v) is 3.80. The van der Waals surface area contributed by atoms with Crippen molar-refractivity contribution in [1.82, 2.24) is 5.32 Å². The van der Waals surface area contributed by atoms with Crippen molar-refractivity contribution >= 4 is 5.91 Å². The van der Waals surface area contributed by atoms with Crippen LogP contribution in [0.5, 0.6) is 0 Å². The maximum atomic E-state index is 11.9. The Bertz CT molecular complexity index is 453. The molecule has 0 saturated heterocycles. The van der Waals surface area contributed by atoms with E-state index in [1.165, 1.54) is 30.4 Å². The number of hydrogen-bond acceptors (Lipinski definition) is 2. The number of amides is 1. The molecule has 3 nitrogen and oxygen atoms in total. The zero-order valence-electron chi connectivity index (χ0n) is 12.0. The Morgan fingerprint density at radius 2 is 2.05 bits per heavy atom. The fraction of sp³-hybridized carbons (Fsp3) is 0.471. The van der Waals surface area contributed by atoms with Crippen molar-refractivity contribution in [2.75, 3.05) is 6.54 Å². The number of benzene rings is 1. The van der Waals surface area contributed by atoms with Gasteiger partial charge in [0.25, 0.3) is 0 Å². The van der Waals surface area contributed by atoms with Crippen LogP contribution in [0.3, 0.4) is 0 Å². The number of nitrogens with one attached hydrogen (secondary N) is 1. The SMILES string of the molecule is N[C@@H](CCc1ccccc1)C(=O)NCCC1=CCCC1. The third kappa shape index (κ3) is 4.82. The van der Waals surface area contributed by atoms with Gasteiger partial charge in [0, 0.05) is 6.54 Å². The van der Waals surface area contributed by atoms with Gasteiger partial charge >= 0.3 is 0 Å². The predicted octanol–water partition coefficient (Wildman–Crippen LogP) is 2.56. The lowest BCUT2D eigenvalue weighted by molar-refractivity contribution is -0.122. The average molecular weight is 272 g/mol. The molecule has 3 heteroatoms. The summed E-state index contributed by atoms with van der Waals surface area (Å²) >= 11 is 0. The number of nitrogens with two attached hydrogens (primary N) is 1. The average Bonchev–Trinajstić information content (AvgIpc) is 2.99. The molecule has 1 aromatic rings. The number of rotatable bonds is 7. The molecule has 0 fully saturated rings. The molecular weight excluding hydrogens is 248 g/mol. The van der Waals surface area contributed by atoms with Crippen LogP contribution in [0.4, 0.5) is 0 Å². The van der Waals surface area contributed by atoms with Gasteiger partial charge in [-0.15, -0.1) is 0 Å². The van der Waals surface area contributed by atoms with E-state index in [-0.39, 0.29) is 5.91 Å². The Balaban J connectivity index is 1.64. The highest BCUT2D eigenvalue weighted by Crippen LogP contribution is 2.19. The zero-order valence-corrected chi connectivity index (χ0v) is 12.0. The lowest BCUT2D eigenvalue weighted by atomic mass is 10.1. The van der Waals surface area contributed by atoms with Crippen molar-refractivity contribution in [1.29, 1.82) is 0 Å². The lowest BCUT2D eigenvalue weighted by Gasteiger charge is -2.12. The van der Waals surface area contributed by atoms with Crippen LogP contribution in [-0.2, 0) is 11.2 Å². The fourth-order valence-corrected chi connectivity index (χ4v) is 2.54. The molecular formula is C17H24N2O. The van der Waals surface area contributed by atoms with Crippen LogP contribution < -0.4 is 11.1 Å². The molecule has 1 aliphatic carbocycles. The minimum absolute atomic E-state index is 0.0282. The van der Waals surface area contributed by atoms with E-state index in [0.717, 1.165) is 12.8 Å². The second kappa shape index (κ2) is 7.85. The van der Waals surface area contributed by atoms with Gasteiger partial charge in [-0.05, 0) is 44.1 Å². The minimum atomic E-state index is -0.409. The molecule has 0 spiro atoms. The molecule has 0 radical (unpaired) electrons. The van der Waals surface area contributed by atoms with Gasteiger partial charge < -0.3 is 11.1 Å². The van der Waals surface area contributed by atoms with E-state index in [1.54, 1.807) is 0 Å². The summed E-state index contributed by atoms with van der Waals surface area (Å²) in [6.45, 7) is 0.712. The molecule has 0 aromatic heterocycles. The maximum absolute atomic E-state index is 11.9. The summed E-state index contributed by atoms with van der Waals surface area (Å²) < 4.78 is 0. The zero-order chi connectivity index (χ0) is 14.2. The van der Waals surface area contributed by atoms with Crippen LogP contribution in [0.1, 0.15) is 37.7 Å². The van der Waals surface area contributed by atoms with Crippen molar-refractivity contribution in [3.63, 3.8) is 0 Å². The van der Waals surface area contributed by atoms with Gasteiger partial charge in [-0.1, -0.05) is 42.0 Å². The first kappa shape index (κ1) is 14.8. The van der Waals surface area contributed by atoms with E-state index >= 15 is 0 Å². The van der Waals surface area contributed by atoms with E-state index in [1.807, 2.05) is 18.2 Å². The number of carbonyl (C=O) groups is 1. The Labute approximate surface area is 121 Å². The van der Waals surface area contributed by atoms with Crippen LogP contribution in [-0.4, -0.2) is 18.5 Å². The van der Waals surface area contributed by atoms with Crippen LogP contribution in [0, 0.1) is 0 Å². The highest BCUT2D eigenvalue weighted by atomic mass is 16.2. The number of carbonyl (C=O) groups excluding carboxylic acids is 1. The number of hydrogen-bond donors (Lipinski definition) is 2. The van der Waals surface area contributed by atoms with Crippen LogP contribution in [0.2, 0.25) is 0 Å². The summed E-state index contributed by atoms with van der Waals surface area (Å²) in [5.41, 5.74) is 8.64. The molecule has 2 rings (SSSR count). The predicted molar refractivity (Wildman–Crippen MR) is 82.3 cm³/mol. The summed E-state index contributed by atoms with van der Waals surface area (Å²) in [5.74, 6) is -0.0282. The number of aryl methyl sites for hydroxylation is 1. The lowest BCUT2D eigenvalue weighted by Crippen LogP contribution is -2.41. The van der Waals surface area contributed by atoms with E-state index in [4.69, 9.17) is 5.73 Å². The summed E-state index contributed by atoms with van der Waals surface area (Å²) in [6, 6.07) is 9.74. The van der Waals surface area contributed by atoms with Gasteiger partial charge in [-0.2, -0.15) is 0 Å². The van der Waals surface area contributed by atoms with Crippen molar-refractivity contribution < 1.29 is 4.79 Å². The van der Waals surface area contributed by atoms with Gasteiger partial charge in [-0.3, -0.25) is 4.79 Å². The van der Waals surface area contributed by atoms with Gasteiger partial charge in [0.05, 0.1) is 6.04 Å². The van der Waals surface area contributed by atoms with Crippen LogP contribution >= 0.6 is 0 Å². The Hall–Kier alpha value is -1.61. The number of allylic oxidation sites excluding steroid dienone is 1. The van der Waals surface area contributed by atoms with Crippen LogP contribution in [0.15, 0.2) is 42.0 Å². The molecule has 1 aromatic carbocycles. The summed E-state index contributed by atoms with van der Waals surface area (Å²) in [6.07, 6.45) is 8.45. The molecule has 0 bridgehead atoms. The third-order valence-electron chi connectivity index (χ3n) is 3.80. The van der Waals surface area contributed by atoms with Crippen molar-refractivity contribution in [2.24, 2.45) is 5.73 Å². The van der Waals surface area contributed by atoms with Crippen molar-refractivity contribution in [2.45, 2.75) is 44.6 Å². The topological polar surface area (TPSA) is 55.1 Å². The molecule has 3 N–H and O–H groups in total. The fourth-order valence-electron chi connectivity index (χ4n) is 2.54. The Kier molecular flexibility index (Phi) is 5.81. The van der Waals surface area contributed by atoms with E-state index in [9.17, 15) is 4.79 Å². The molecule has 1 amide bonds. The van der Waals surface area contributed by atoms with Gasteiger partial charge in [-0.25, -0.2) is 0 Å². The van der Waals surface area contributed by atoms with E-state index in [2.05, 4.69) is 23.5 Å². The molecule has 1 aliphatic rings. The smallest absolute Gasteiger partial charge is 0.236 e. The molecule has 0 aliphatic heterocycles. The van der Waals surface area contributed by atoms with Gasteiger partial charge in [0.15, 0.2) is 0 Å². The second-order valence-corrected chi connectivity index (χ2v) is 5.43. The van der Waals surface area contributed by atoms with Crippen molar-refractivity contribution in [3.05, 3.63) is 47.5 Å². The molecule has 0 unspecified atom stereocenters. The van der Waals surface area contributed by atoms with Gasteiger partial charge in [0.2, 0.25) is 5.91 Å². The molecule has 20 heavy (non-hydrogen) atoms. The Morgan fingerprint density at radius 3 is 2.75 bits per heavy atom. The van der Waals surface area contributed by atoms with Crippen LogP contribution in [0.25, 0.3) is 0 Å². The quantitative estimate of drug-likeness (QED) is 0.750. The Morgan fingerprint density at radius 1 is 1.25 bits per heavy atom. The first-order valence-corrected chi connectivity index (χ1v) is 7.51. The minimum Gasteiger partial charge on any atom is -0.354 e. The van der Waals surface area contributed by atoms with E-state index in [0.29, 0.717) is 13.0 Å². The molecule has 0 heterocycles. The maximum Gasteiger partial charge on any atom is 0.236 e.